The summed E-state index contributed by atoms with van der Waals surface area (Å²) in [6.45, 7) is 1.52. The highest BCUT2D eigenvalue weighted by Gasteiger charge is 2.11. The number of Topliss-reactive ketones (excluding diaryl/α,β-unsaturated/α-hetero) is 1. The average Bonchev–Trinajstić information content (AvgIpc) is 2.69. The fourth-order valence-corrected chi connectivity index (χ4v) is 2.28. The van der Waals surface area contributed by atoms with Gasteiger partial charge >= 0.3 is 5.97 Å². The molecule has 0 spiro atoms. The zero-order chi connectivity index (χ0) is 18.8. The van der Waals surface area contributed by atoms with Gasteiger partial charge in [-0.1, -0.05) is 37.6 Å². The van der Waals surface area contributed by atoms with Crippen molar-refractivity contribution in [1.82, 2.24) is 0 Å². The van der Waals surface area contributed by atoms with Crippen LogP contribution in [0.3, 0.4) is 0 Å². The van der Waals surface area contributed by atoms with Crippen LogP contribution >= 0.6 is 0 Å². The van der Waals surface area contributed by atoms with Crippen molar-refractivity contribution in [3.05, 3.63) is 65.2 Å². The first kappa shape index (κ1) is 19.2. The van der Waals surface area contributed by atoms with Gasteiger partial charge < -0.3 is 9.47 Å². The molecule has 5 nitrogen and oxygen atoms in total. The molecule has 0 radical (unpaired) electrons. The molecular formula is C21H21NO4. The Hall–Kier alpha value is -3.13. The second-order valence-electron chi connectivity index (χ2n) is 5.81. The van der Waals surface area contributed by atoms with Gasteiger partial charge in [0.05, 0.1) is 11.6 Å². The number of unbranched alkanes of at least 4 members (excludes halogenated alkanes) is 1. The Morgan fingerprint density at radius 2 is 1.69 bits per heavy atom. The molecule has 0 aliphatic rings. The summed E-state index contributed by atoms with van der Waals surface area (Å²) in [5.41, 5.74) is 2.22. The maximum atomic E-state index is 12.1. The van der Waals surface area contributed by atoms with Crippen LogP contribution in [0.2, 0.25) is 0 Å². The molecule has 0 fully saturated rings. The Bertz CT molecular complexity index is 773. The van der Waals surface area contributed by atoms with E-state index in [0.717, 1.165) is 19.3 Å². The quantitative estimate of drug-likeness (QED) is 0.508. The lowest BCUT2D eigenvalue weighted by Crippen LogP contribution is -2.19. The summed E-state index contributed by atoms with van der Waals surface area (Å²) in [6, 6.07) is 15.7. The van der Waals surface area contributed by atoms with E-state index in [1.165, 1.54) is 5.56 Å². The number of aryl methyl sites for hydroxylation is 1. The van der Waals surface area contributed by atoms with Crippen LogP contribution in [0.4, 0.5) is 0 Å². The Morgan fingerprint density at radius 3 is 2.31 bits per heavy atom. The van der Waals surface area contributed by atoms with Gasteiger partial charge in [0.25, 0.3) is 0 Å². The van der Waals surface area contributed by atoms with Crippen LogP contribution < -0.4 is 4.74 Å². The minimum absolute atomic E-state index is 0.251. The number of nitriles is 1. The summed E-state index contributed by atoms with van der Waals surface area (Å²) in [4.78, 5) is 23.8. The Balaban J connectivity index is 1.75. The number of carbonyl (C=O) groups is 2. The van der Waals surface area contributed by atoms with E-state index in [-0.39, 0.29) is 19.0 Å². The molecular weight excluding hydrogens is 330 g/mol. The molecule has 5 heteroatoms. The smallest absolute Gasteiger partial charge is 0.344 e. The summed E-state index contributed by atoms with van der Waals surface area (Å²) in [5, 5.41) is 8.72. The number of ether oxygens (including phenoxy) is 2. The largest absolute Gasteiger partial charge is 0.482 e. The van der Waals surface area contributed by atoms with Gasteiger partial charge in [0, 0.05) is 5.56 Å². The van der Waals surface area contributed by atoms with Crippen molar-refractivity contribution >= 4 is 11.8 Å². The molecule has 0 heterocycles. The predicted octanol–water partition coefficient (Wildman–Crippen LogP) is 3.71. The second kappa shape index (κ2) is 10.00. The molecule has 0 aliphatic heterocycles. The van der Waals surface area contributed by atoms with Crippen LogP contribution in [0.1, 0.15) is 41.3 Å². The van der Waals surface area contributed by atoms with E-state index < -0.39 is 5.97 Å². The van der Waals surface area contributed by atoms with E-state index in [9.17, 15) is 9.59 Å². The third-order valence-corrected chi connectivity index (χ3v) is 3.80. The van der Waals surface area contributed by atoms with Crippen molar-refractivity contribution in [2.45, 2.75) is 26.2 Å². The van der Waals surface area contributed by atoms with Crippen molar-refractivity contribution in [1.29, 1.82) is 5.26 Å². The van der Waals surface area contributed by atoms with Gasteiger partial charge in [-0.15, -0.1) is 0 Å². The predicted molar refractivity (Wildman–Crippen MR) is 97.0 cm³/mol. The van der Waals surface area contributed by atoms with Crippen LogP contribution in [0.5, 0.6) is 5.75 Å². The molecule has 0 saturated carbocycles. The summed E-state index contributed by atoms with van der Waals surface area (Å²) in [7, 11) is 0. The van der Waals surface area contributed by atoms with E-state index >= 15 is 0 Å². The van der Waals surface area contributed by atoms with E-state index in [2.05, 4.69) is 6.92 Å². The fraction of sp³-hybridized carbons (Fsp3) is 0.286. The number of benzene rings is 2. The standard InChI is InChI=1S/C21H21NO4/c1-2-3-4-16-5-9-18(10-6-16)20(23)14-26-21(24)15-25-19-11-7-17(13-22)8-12-19/h5-12H,2-4,14-15H2,1H3. The number of hydrogen-bond donors (Lipinski definition) is 0. The van der Waals surface area contributed by atoms with Crippen LogP contribution in [0, 0.1) is 11.3 Å². The highest BCUT2D eigenvalue weighted by Crippen LogP contribution is 2.12. The zero-order valence-corrected chi connectivity index (χ0v) is 14.7. The molecule has 26 heavy (non-hydrogen) atoms. The molecule has 0 aliphatic carbocycles. The molecule has 0 N–H and O–H groups in total. The number of rotatable bonds is 9. The van der Waals surface area contributed by atoms with E-state index in [1.807, 2.05) is 18.2 Å². The molecule has 2 aromatic rings. The highest BCUT2D eigenvalue weighted by molar-refractivity contribution is 5.98. The lowest BCUT2D eigenvalue weighted by Gasteiger charge is -2.07. The van der Waals surface area contributed by atoms with Crippen LogP contribution in [0.15, 0.2) is 48.5 Å². The second-order valence-corrected chi connectivity index (χ2v) is 5.81. The molecule has 0 aromatic heterocycles. The Labute approximate surface area is 153 Å². The van der Waals surface area contributed by atoms with E-state index in [0.29, 0.717) is 16.9 Å². The molecule has 0 unspecified atom stereocenters. The zero-order valence-electron chi connectivity index (χ0n) is 14.7. The first-order valence-corrected chi connectivity index (χ1v) is 8.53. The SMILES string of the molecule is CCCCc1ccc(C(=O)COC(=O)COc2ccc(C#N)cc2)cc1. The molecule has 0 saturated heterocycles. The number of nitrogens with zero attached hydrogens (tertiary/aromatic N) is 1. The fourth-order valence-electron chi connectivity index (χ4n) is 2.28. The van der Waals surface area contributed by atoms with Gasteiger partial charge in [0.15, 0.2) is 19.0 Å². The van der Waals surface area contributed by atoms with Crippen molar-refractivity contribution in [2.75, 3.05) is 13.2 Å². The maximum absolute atomic E-state index is 12.1. The molecule has 0 amide bonds. The van der Waals surface area contributed by atoms with E-state index in [1.54, 1.807) is 36.4 Å². The molecule has 2 rings (SSSR count). The summed E-state index contributed by atoms with van der Waals surface area (Å²) < 4.78 is 10.2. The number of esters is 1. The minimum atomic E-state index is -0.623. The van der Waals surface area contributed by atoms with Gasteiger partial charge in [-0.05, 0) is 42.7 Å². The number of hydrogen-bond acceptors (Lipinski definition) is 5. The summed E-state index contributed by atoms with van der Waals surface area (Å²) in [6.07, 6.45) is 3.23. The van der Waals surface area contributed by atoms with Gasteiger partial charge in [-0.25, -0.2) is 4.79 Å². The van der Waals surface area contributed by atoms with Gasteiger partial charge in [-0.3, -0.25) is 4.79 Å². The third kappa shape index (κ3) is 6.06. The topological polar surface area (TPSA) is 76.4 Å². The van der Waals surface area contributed by atoms with Crippen molar-refractivity contribution < 1.29 is 19.1 Å². The van der Waals surface area contributed by atoms with Crippen LogP contribution in [-0.2, 0) is 16.0 Å². The Kier molecular flexibility index (Phi) is 7.38. The summed E-state index contributed by atoms with van der Waals surface area (Å²) in [5.74, 6) is -0.420. The molecule has 0 bridgehead atoms. The number of carbonyl (C=O) groups excluding carboxylic acids is 2. The average molecular weight is 351 g/mol. The third-order valence-electron chi connectivity index (χ3n) is 3.80. The first-order valence-electron chi connectivity index (χ1n) is 8.53. The minimum Gasteiger partial charge on any atom is -0.482 e. The monoisotopic (exact) mass is 351 g/mol. The summed E-state index contributed by atoms with van der Waals surface area (Å²) >= 11 is 0. The van der Waals surface area contributed by atoms with Crippen molar-refractivity contribution in [3.8, 4) is 11.8 Å². The first-order chi connectivity index (χ1) is 12.6. The Morgan fingerprint density at radius 1 is 1.00 bits per heavy atom. The normalized spacial score (nSPS) is 10.0. The number of ketones is 1. The molecule has 0 atom stereocenters. The van der Waals surface area contributed by atoms with Crippen molar-refractivity contribution in [3.63, 3.8) is 0 Å². The van der Waals surface area contributed by atoms with Crippen molar-refractivity contribution in [2.24, 2.45) is 0 Å². The van der Waals surface area contributed by atoms with Crippen LogP contribution in [0.25, 0.3) is 0 Å². The lowest BCUT2D eigenvalue weighted by atomic mass is 10.0. The van der Waals surface area contributed by atoms with Gasteiger partial charge in [0.2, 0.25) is 0 Å². The maximum Gasteiger partial charge on any atom is 0.344 e. The molecule has 2 aromatic carbocycles. The molecule has 134 valence electrons. The van der Waals surface area contributed by atoms with Gasteiger partial charge in [-0.2, -0.15) is 5.26 Å². The van der Waals surface area contributed by atoms with Gasteiger partial charge in [0.1, 0.15) is 5.75 Å². The van der Waals surface area contributed by atoms with Crippen LogP contribution in [-0.4, -0.2) is 25.0 Å². The highest BCUT2D eigenvalue weighted by atomic mass is 16.6. The van der Waals surface area contributed by atoms with E-state index in [4.69, 9.17) is 14.7 Å². The lowest BCUT2D eigenvalue weighted by molar-refractivity contribution is -0.144.